The van der Waals surface area contributed by atoms with E-state index in [2.05, 4.69) is 10.6 Å². The van der Waals surface area contributed by atoms with Gasteiger partial charge in [-0.2, -0.15) is 0 Å². The minimum absolute atomic E-state index is 0.0323. The number of nitrogens with one attached hydrogen (secondary N) is 2. The topological polar surface area (TPSA) is 41.1 Å². The molecule has 4 heteroatoms. The Hall–Kier alpha value is -1.42. The van der Waals surface area contributed by atoms with Crippen LogP contribution in [0.4, 0.5) is 4.39 Å². The first kappa shape index (κ1) is 16.1. The molecule has 1 aliphatic heterocycles. The molecule has 1 saturated heterocycles. The average Bonchev–Trinajstić information content (AvgIpc) is 3.03. The van der Waals surface area contributed by atoms with Gasteiger partial charge >= 0.3 is 0 Å². The van der Waals surface area contributed by atoms with E-state index in [-0.39, 0.29) is 29.1 Å². The monoisotopic (exact) mass is 330 g/mol. The molecule has 4 rings (SSSR count). The highest BCUT2D eigenvalue weighted by atomic mass is 19.1. The summed E-state index contributed by atoms with van der Waals surface area (Å²) in [6.07, 6.45) is 7.93. The summed E-state index contributed by atoms with van der Waals surface area (Å²) < 4.78 is 13.7. The number of piperidine rings is 1. The van der Waals surface area contributed by atoms with Crippen LogP contribution in [0.2, 0.25) is 0 Å². The molecule has 24 heavy (non-hydrogen) atoms. The van der Waals surface area contributed by atoms with Crippen LogP contribution in [-0.4, -0.2) is 19.0 Å². The van der Waals surface area contributed by atoms with Gasteiger partial charge < -0.3 is 10.6 Å². The van der Waals surface area contributed by atoms with Crippen molar-refractivity contribution >= 4 is 5.91 Å². The lowest BCUT2D eigenvalue weighted by atomic mass is 9.89. The molecule has 2 atom stereocenters. The van der Waals surface area contributed by atoms with Gasteiger partial charge in [-0.05, 0) is 74.2 Å². The smallest absolute Gasteiger partial charge is 0.224 e. The number of amides is 1. The molecule has 2 aliphatic carbocycles. The maximum atomic E-state index is 13.7. The van der Waals surface area contributed by atoms with E-state index in [1.165, 1.54) is 18.9 Å². The van der Waals surface area contributed by atoms with Crippen LogP contribution in [0.3, 0.4) is 0 Å². The van der Waals surface area contributed by atoms with Gasteiger partial charge in [-0.1, -0.05) is 25.0 Å². The van der Waals surface area contributed by atoms with Gasteiger partial charge in [-0.3, -0.25) is 4.79 Å². The SMILES string of the molecule is O=C(NC(c1cccc(F)c1)C1CCCC1)C1CC12CCNCC2. The van der Waals surface area contributed by atoms with Crippen molar-refractivity contribution in [2.24, 2.45) is 17.3 Å². The van der Waals surface area contributed by atoms with Gasteiger partial charge in [0.1, 0.15) is 5.82 Å². The fourth-order valence-corrected chi connectivity index (χ4v) is 4.91. The van der Waals surface area contributed by atoms with E-state index in [9.17, 15) is 9.18 Å². The molecule has 1 amide bonds. The molecular formula is C20H27FN2O. The van der Waals surface area contributed by atoms with Crippen molar-refractivity contribution < 1.29 is 9.18 Å². The highest BCUT2D eigenvalue weighted by Crippen LogP contribution is 2.58. The van der Waals surface area contributed by atoms with E-state index >= 15 is 0 Å². The van der Waals surface area contributed by atoms with Crippen molar-refractivity contribution in [3.05, 3.63) is 35.6 Å². The molecule has 3 nitrogen and oxygen atoms in total. The minimum Gasteiger partial charge on any atom is -0.349 e. The third kappa shape index (κ3) is 3.08. The summed E-state index contributed by atoms with van der Waals surface area (Å²) in [6.45, 7) is 2.06. The number of hydrogen-bond donors (Lipinski definition) is 2. The molecule has 2 saturated carbocycles. The van der Waals surface area contributed by atoms with Crippen molar-refractivity contribution in [2.45, 2.75) is 51.0 Å². The molecular weight excluding hydrogens is 303 g/mol. The predicted molar refractivity (Wildman–Crippen MR) is 91.9 cm³/mol. The second-order valence-electron chi connectivity index (χ2n) is 7.95. The van der Waals surface area contributed by atoms with Gasteiger partial charge in [0, 0.05) is 5.92 Å². The van der Waals surface area contributed by atoms with Crippen molar-refractivity contribution in [3.63, 3.8) is 0 Å². The van der Waals surface area contributed by atoms with Crippen LogP contribution in [0, 0.1) is 23.1 Å². The minimum atomic E-state index is -0.217. The molecule has 0 radical (unpaired) electrons. The predicted octanol–water partition coefficient (Wildman–Crippen LogP) is 3.56. The van der Waals surface area contributed by atoms with Crippen molar-refractivity contribution in [1.29, 1.82) is 0 Å². The van der Waals surface area contributed by atoms with Crippen LogP contribution < -0.4 is 10.6 Å². The second kappa shape index (κ2) is 6.47. The Morgan fingerprint density at radius 2 is 2.00 bits per heavy atom. The number of benzene rings is 1. The number of halogens is 1. The zero-order chi connectivity index (χ0) is 16.6. The number of carbonyl (C=O) groups excluding carboxylic acids is 1. The van der Waals surface area contributed by atoms with E-state index in [4.69, 9.17) is 0 Å². The zero-order valence-corrected chi connectivity index (χ0v) is 14.2. The van der Waals surface area contributed by atoms with Crippen molar-refractivity contribution in [3.8, 4) is 0 Å². The lowest BCUT2D eigenvalue weighted by molar-refractivity contribution is -0.124. The standard InChI is InChI=1S/C20H27FN2O/c21-16-7-3-6-15(12-16)18(14-4-1-2-5-14)23-19(24)17-13-20(17)8-10-22-11-9-20/h3,6-7,12,14,17-18,22H,1-2,4-5,8-11,13H2,(H,23,24). The van der Waals surface area contributed by atoms with Crippen molar-refractivity contribution in [2.75, 3.05) is 13.1 Å². The maximum absolute atomic E-state index is 13.7. The Labute approximate surface area is 143 Å². The van der Waals surface area contributed by atoms with Crippen molar-refractivity contribution in [1.82, 2.24) is 10.6 Å². The fourth-order valence-electron chi connectivity index (χ4n) is 4.91. The van der Waals surface area contributed by atoms with Gasteiger partial charge in [0.15, 0.2) is 0 Å². The summed E-state index contributed by atoms with van der Waals surface area (Å²) in [4.78, 5) is 12.9. The molecule has 1 aromatic rings. The van der Waals surface area contributed by atoms with Gasteiger partial charge in [-0.15, -0.1) is 0 Å². The first-order valence-corrected chi connectivity index (χ1v) is 9.45. The van der Waals surface area contributed by atoms with E-state index in [0.717, 1.165) is 50.8 Å². The molecule has 1 heterocycles. The number of rotatable bonds is 4. The number of hydrogen-bond acceptors (Lipinski definition) is 2. The normalized spacial score (nSPS) is 27.1. The first-order chi connectivity index (χ1) is 11.7. The van der Waals surface area contributed by atoms with Crippen LogP contribution in [-0.2, 0) is 4.79 Å². The molecule has 3 fully saturated rings. The Balaban J connectivity index is 1.49. The molecule has 1 aromatic carbocycles. The molecule has 3 aliphatic rings. The van der Waals surface area contributed by atoms with Gasteiger partial charge in [0.2, 0.25) is 5.91 Å². The second-order valence-corrected chi connectivity index (χ2v) is 7.95. The van der Waals surface area contributed by atoms with E-state index < -0.39 is 0 Å². The Morgan fingerprint density at radius 1 is 1.25 bits per heavy atom. The molecule has 2 unspecified atom stereocenters. The summed E-state index contributed by atoms with van der Waals surface area (Å²) in [5, 5.41) is 6.69. The number of carbonyl (C=O) groups is 1. The van der Waals surface area contributed by atoms with E-state index in [0.29, 0.717) is 5.92 Å². The van der Waals surface area contributed by atoms with E-state index in [1.54, 1.807) is 12.1 Å². The third-order valence-electron chi connectivity index (χ3n) is 6.48. The highest BCUT2D eigenvalue weighted by Gasteiger charge is 2.57. The Bertz CT molecular complexity index is 605. The van der Waals surface area contributed by atoms with Gasteiger partial charge in [0.25, 0.3) is 0 Å². The maximum Gasteiger partial charge on any atom is 0.224 e. The van der Waals surface area contributed by atoms with Gasteiger partial charge in [-0.25, -0.2) is 4.39 Å². The molecule has 0 bridgehead atoms. The molecule has 1 spiro atoms. The zero-order valence-electron chi connectivity index (χ0n) is 14.2. The van der Waals surface area contributed by atoms with Crippen LogP contribution in [0.25, 0.3) is 0 Å². The highest BCUT2D eigenvalue weighted by molar-refractivity contribution is 5.83. The first-order valence-electron chi connectivity index (χ1n) is 9.45. The Kier molecular flexibility index (Phi) is 4.33. The molecule has 0 aromatic heterocycles. The lowest BCUT2D eigenvalue weighted by Gasteiger charge is -2.27. The summed E-state index contributed by atoms with van der Waals surface area (Å²) in [5.41, 5.74) is 1.17. The summed E-state index contributed by atoms with van der Waals surface area (Å²) >= 11 is 0. The Morgan fingerprint density at radius 3 is 2.71 bits per heavy atom. The lowest BCUT2D eigenvalue weighted by Crippen LogP contribution is -2.37. The van der Waals surface area contributed by atoms with Crippen LogP contribution >= 0.6 is 0 Å². The quantitative estimate of drug-likeness (QED) is 0.886. The van der Waals surface area contributed by atoms with Crippen LogP contribution in [0.5, 0.6) is 0 Å². The molecule has 2 N–H and O–H groups in total. The van der Waals surface area contributed by atoms with E-state index in [1.807, 2.05) is 6.07 Å². The largest absolute Gasteiger partial charge is 0.349 e. The summed E-state index contributed by atoms with van der Waals surface area (Å²) in [5.74, 6) is 0.583. The van der Waals surface area contributed by atoms with Gasteiger partial charge in [0.05, 0.1) is 6.04 Å². The average molecular weight is 330 g/mol. The van der Waals surface area contributed by atoms with Crippen LogP contribution in [0.15, 0.2) is 24.3 Å². The summed E-state index contributed by atoms with van der Waals surface area (Å²) in [7, 11) is 0. The summed E-state index contributed by atoms with van der Waals surface area (Å²) in [6, 6.07) is 6.75. The third-order valence-corrected chi connectivity index (χ3v) is 6.48. The van der Waals surface area contributed by atoms with Crippen LogP contribution in [0.1, 0.15) is 56.6 Å². The molecule has 130 valence electrons. The fraction of sp³-hybridized carbons (Fsp3) is 0.650.